The lowest BCUT2D eigenvalue weighted by molar-refractivity contribution is 0.0947. The van der Waals surface area contributed by atoms with Crippen molar-refractivity contribution in [2.75, 3.05) is 7.11 Å². The number of ether oxygens (including phenoxy) is 1. The van der Waals surface area contributed by atoms with E-state index in [1.807, 2.05) is 53.3 Å². The lowest BCUT2D eigenvalue weighted by Crippen LogP contribution is -2.24. The van der Waals surface area contributed by atoms with E-state index < -0.39 is 15.9 Å². The summed E-state index contributed by atoms with van der Waals surface area (Å²) in [5.74, 6) is -0.210. The maximum Gasteiger partial charge on any atom is 0.255 e. The first kappa shape index (κ1) is 23.2. The van der Waals surface area contributed by atoms with Gasteiger partial charge < -0.3 is 10.1 Å². The summed E-state index contributed by atoms with van der Waals surface area (Å²) >= 11 is 0. The first-order valence-electron chi connectivity index (χ1n) is 10.5. The minimum atomic E-state index is -3.95. The van der Waals surface area contributed by atoms with Gasteiger partial charge in [-0.25, -0.2) is 13.6 Å². The van der Waals surface area contributed by atoms with Gasteiger partial charge in [-0.15, -0.1) is 0 Å². The van der Waals surface area contributed by atoms with Gasteiger partial charge in [-0.2, -0.15) is 5.10 Å². The molecule has 0 atom stereocenters. The molecule has 0 fully saturated rings. The molecule has 0 radical (unpaired) electrons. The molecule has 0 aliphatic rings. The van der Waals surface area contributed by atoms with Gasteiger partial charge in [0.2, 0.25) is 10.0 Å². The van der Waals surface area contributed by atoms with Crippen LogP contribution in [0.3, 0.4) is 0 Å². The highest BCUT2D eigenvalue weighted by Crippen LogP contribution is 2.25. The summed E-state index contributed by atoms with van der Waals surface area (Å²) in [5, 5.41) is 12.3. The Morgan fingerprint density at radius 3 is 2.50 bits per heavy atom. The number of amides is 1. The van der Waals surface area contributed by atoms with Crippen molar-refractivity contribution in [2.24, 2.45) is 5.14 Å². The van der Waals surface area contributed by atoms with Crippen LogP contribution in [0.5, 0.6) is 5.75 Å². The van der Waals surface area contributed by atoms with Gasteiger partial charge in [-0.05, 0) is 46.5 Å². The van der Waals surface area contributed by atoms with E-state index in [-0.39, 0.29) is 22.8 Å². The first-order chi connectivity index (χ1) is 16.3. The van der Waals surface area contributed by atoms with Gasteiger partial charge >= 0.3 is 0 Å². The standard InChI is InChI=1S/C25H24N4O4S/c1-33-24-12-11-21(34(26,31)32)15-23(24)25(30)27-16-20-5-2-3-6-22(20)19-9-7-18(8-10-19)17-29-14-4-13-28-29/h2-15H,16-17H2,1H3,(H,27,30)(H2,26,31,32). The SMILES string of the molecule is COc1ccc(S(N)(=O)=O)cc1C(=O)NCc1ccccc1-c1ccc(Cn2cccn2)cc1. The number of aromatic nitrogens is 2. The molecule has 3 aromatic carbocycles. The Morgan fingerprint density at radius 2 is 1.82 bits per heavy atom. The molecular weight excluding hydrogens is 452 g/mol. The van der Waals surface area contributed by atoms with E-state index in [1.165, 1.54) is 25.3 Å². The maximum absolute atomic E-state index is 12.9. The number of carbonyl (C=O) groups excluding carboxylic acids is 1. The van der Waals surface area contributed by atoms with Crippen LogP contribution in [0.15, 0.2) is 90.1 Å². The number of carbonyl (C=O) groups is 1. The zero-order chi connectivity index (χ0) is 24.1. The summed E-state index contributed by atoms with van der Waals surface area (Å²) in [5.41, 5.74) is 4.13. The average molecular weight is 477 g/mol. The number of benzene rings is 3. The molecule has 4 aromatic rings. The lowest BCUT2D eigenvalue weighted by Gasteiger charge is -2.13. The summed E-state index contributed by atoms with van der Waals surface area (Å²) in [7, 11) is -2.54. The number of hydrogen-bond acceptors (Lipinski definition) is 5. The largest absolute Gasteiger partial charge is 0.496 e. The zero-order valence-electron chi connectivity index (χ0n) is 18.5. The van der Waals surface area contributed by atoms with Crippen molar-refractivity contribution in [3.8, 4) is 16.9 Å². The number of sulfonamides is 1. The predicted molar refractivity (Wildman–Crippen MR) is 129 cm³/mol. The fourth-order valence-corrected chi connectivity index (χ4v) is 4.18. The van der Waals surface area contributed by atoms with Crippen molar-refractivity contribution in [2.45, 2.75) is 18.0 Å². The Bertz CT molecular complexity index is 1400. The topological polar surface area (TPSA) is 116 Å². The number of nitrogens with zero attached hydrogens (tertiary/aromatic N) is 2. The average Bonchev–Trinajstić information content (AvgIpc) is 3.35. The van der Waals surface area contributed by atoms with Gasteiger partial charge in [0.1, 0.15) is 5.75 Å². The monoisotopic (exact) mass is 476 g/mol. The summed E-state index contributed by atoms with van der Waals surface area (Å²) in [6.07, 6.45) is 3.67. The Hall–Kier alpha value is -3.95. The number of nitrogens with two attached hydrogens (primary N) is 1. The molecule has 0 spiro atoms. The molecule has 34 heavy (non-hydrogen) atoms. The molecule has 0 saturated carbocycles. The Balaban J connectivity index is 1.53. The third-order valence-corrected chi connectivity index (χ3v) is 6.28. The summed E-state index contributed by atoms with van der Waals surface area (Å²) in [6, 6.07) is 21.8. The normalized spacial score (nSPS) is 11.2. The van der Waals surface area contributed by atoms with E-state index in [0.717, 1.165) is 22.3 Å². The van der Waals surface area contributed by atoms with Crippen molar-refractivity contribution >= 4 is 15.9 Å². The number of nitrogens with one attached hydrogen (secondary N) is 1. The molecule has 3 N–H and O–H groups in total. The maximum atomic E-state index is 12.9. The molecule has 0 bridgehead atoms. The van der Waals surface area contributed by atoms with Gasteiger partial charge in [0.15, 0.2) is 0 Å². The van der Waals surface area contributed by atoms with Gasteiger partial charge in [-0.3, -0.25) is 9.48 Å². The van der Waals surface area contributed by atoms with E-state index in [1.54, 1.807) is 6.20 Å². The van der Waals surface area contributed by atoms with E-state index in [0.29, 0.717) is 6.54 Å². The second-order valence-electron chi connectivity index (χ2n) is 7.65. The fraction of sp³-hybridized carbons (Fsp3) is 0.120. The molecule has 0 saturated heterocycles. The zero-order valence-corrected chi connectivity index (χ0v) is 19.3. The van der Waals surface area contributed by atoms with Gasteiger partial charge in [-0.1, -0.05) is 48.5 Å². The van der Waals surface area contributed by atoms with Crippen LogP contribution in [0.1, 0.15) is 21.5 Å². The van der Waals surface area contributed by atoms with E-state index in [9.17, 15) is 13.2 Å². The minimum absolute atomic E-state index is 0.0921. The van der Waals surface area contributed by atoms with Gasteiger partial charge in [0, 0.05) is 18.9 Å². The molecule has 8 nitrogen and oxygen atoms in total. The molecule has 0 unspecified atom stereocenters. The molecule has 9 heteroatoms. The summed E-state index contributed by atoms with van der Waals surface area (Å²) < 4.78 is 30.5. The lowest BCUT2D eigenvalue weighted by atomic mass is 9.98. The van der Waals surface area contributed by atoms with Crippen LogP contribution in [-0.2, 0) is 23.1 Å². The highest BCUT2D eigenvalue weighted by atomic mass is 32.2. The molecular formula is C25H24N4O4S. The van der Waals surface area contributed by atoms with Gasteiger partial charge in [0.25, 0.3) is 5.91 Å². The number of primary sulfonamides is 1. The molecule has 4 rings (SSSR count). The quantitative estimate of drug-likeness (QED) is 0.405. The van der Waals surface area contributed by atoms with E-state index in [2.05, 4.69) is 22.5 Å². The van der Waals surface area contributed by atoms with Crippen molar-refractivity contribution in [3.05, 3.63) is 102 Å². The van der Waals surface area contributed by atoms with Crippen molar-refractivity contribution in [3.63, 3.8) is 0 Å². The fourth-order valence-electron chi connectivity index (χ4n) is 3.64. The van der Waals surface area contributed by atoms with Crippen molar-refractivity contribution in [1.29, 1.82) is 0 Å². The third kappa shape index (κ3) is 5.33. The number of methoxy groups -OCH3 is 1. The summed E-state index contributed by atoms with van der Waals surface area (Å²) in [4.78, 5) is 12.7. The van der Waals surface area contributed by atoms with Crippen LogP contribution in [0.25, 0.3) is 11.1 Å². The van der Waals surface area contributed by atoms with E-state index >= 15 is 0 Å². The second-order valence-corrected chi connectivity index (χ2v) is 9.21. The second kappa shape index (κ2) is 9.90. The minimum Gasteiger partial charge on any atom is -0.496 e. The van der Waals surface area contributed by atoms with Crippen molar-refractivity contribution in [1.82, 2.24) is 15.1 Å². The van der Waals surface area contributed by atoms with Crippen LogP contribution < -0.4 is 15.2 Å². The Labute approximate surface area is 198 Å². The smallest absolute Gasteiger partial charge is 0.255 e. The highest BCUT2D eigenvalue weighted by Gasteiger charge is 2.17. The van der Waals surface area contributed by atoms with Crippen LogP contribution in [0.2, 0.25) is 0 Å². The first-order valence-corrected chi connectivity index (χ1v) is 12.0. The van der Waals surface area contributed by atoms with E-state index in [4.69, 9.17) is 9.88 Å². The molecule has 1 amide bonds. The molecule has 1 heterocycles. The molecule has 174 valence electrons. The van der Waals surface area contributed by atoms with Crippen LogP contribution in [0.4, 0.5) is 0 Å². The molecule has 1 aromatic heterocycles. The molecule has 0 aliphatic carbocycles. The van der Waals surface area contributed by atoms with Crippen LogP contribution in [0, 0.1) is 0 Å². The highest BCUT2D eigenvalue weighted by molar-refractivity contribution is 7.89. The molecule has 0 aliphatic heterocycles. The van der Waals surface area contributed by atoms with Crippen molar-refractivity contribution < 1.29 is 17.9 Å². The van der Waals surface area contributed by atoms with Gasteiger partial charge in [0.05, 0.1) is 24.1 Å². The van der Waals surface area contributed by atoms with Crippen LogP contribution in [-0.4, -0.2) is 31.2 Å². The Morgan fingerprint density at radius 1 is 1.06 bits per heavy atom. The predicted octanol–water partition coefficient (Wildman–Crippen LogP) is 3.18. The third-order valence-electron chi connectivity index (χ3n) is 5.37. The number of rotatable bonds is 8. The van der Waals surface area contributed by atoms with Crippen LogP contribution >= 0.6 is 0 Å². The number of hydrogen-bond donors (Lipinski definition) is 2. The summed E-state index contributed by atoms with van der Waals surface area (Å²) in [6.45, 7) is 0.928. The Kier molecular flexibility index (Phi) is 6.76.